The summed E-state index contributed by atoms with van der Waals surface area (Å²) in [6.45, 7) is 8.34. The van der Waals surface area contributed by atoms with Gasteiger partial charge in [0, 0.05) is 30.4 Å². The molecule has 33 heavy (non-hydrogen) atoms. The number of anilines is 1. The number of rotatable bonds is 3. The molecule has 6 rings (SSSR count). The number of aromatic nitrogens is 8. The number of hydrogen-bond donors (Lipinski definition) is 2. The van der Waals surface area contributed by atoms with Crippen molar-refractivity contribution in [2.24, 2.45) is 0 Å². The third kappa shape index (κ3) is 3.22. The van der Waals surface area contributed by atoms with Crippen molar-refractivity contribution in [1.82, 2.24) is 44.3 Å². The molecule has 1 saturated heterocycles. The van der Waals surface area contributed by atoms with Crippen molar-refractivity contribution in [3.8, 4) is 0 Å². The highest BCUT2D eigenvalue weighted by atomic mass is 127. The number of halogens is 1. The van der Waals surface area contributed by atoms with Gasteiger partial charge in [-0.05, 0) is 62.3 Å². The maximum absolute atomic E-state index is 13.0. The quantitative estimate of drug-likeness (QED) is 0.355. The minimum atomic E-state index is -1.15. The van der Waals surface area contributed by atoms with E-state index in [1.807, 2.05) is 31.4 Å². The first-order chi connectivity index (χ1) is 15.8. The third-order valence-corrected chi connectivity index (χ3v) is 9.28. The molecular formula is C20H25IN10OS. The van der Waals surface area contributed by atoms with Crippen molar-refractivity contribution >= 4 is 56.2 Å². The Hall–Kier alpha value is -2.13. The van der Waals surface area contributed by atoms with Crippen LogP contribution in [-0.2, 0) is 22.9 Å². The van der Waals surface area contributed by atoms with Gasteiger partial charge in [-0.3, -0.25) is 14.2 Å². The Balaban J connectivity index is 1.33. The Kier molecular flexibility index (Phi) is 4.82. The predicted octanol–water partition coefficient (Wildman–Crippen LogP) is 1.77. The molecule has 11 nitrogen and oxygen atoms in total. The SMILES string of the molecule is CC(C)(C)S(=O)N[C@@H]1Cn2nccc2C12CCN(c1nc3n[nH]c(I)c3c3nncn13)CC2. The summed E-state index contributed by atoms with van der Waals surface area (Å²) in [5.74, 6) is 0.800. The number of nitrogens with zero attached hydrogens (tertiary/aromatic N) is 8. The molecule has 0 aliphatic carbocycles. The fourth-order valence-electron chi connectivity index (χ4n) is 5.11. The summed E-state index contributed by atoms with van der Waals surface area (Å²) >= 11 is 2.21. The van der Waals surface area contributed by atoms with E-state index in [9.17, 15) is 4.21 Å². The monoisotopic (exact) mass is 580 g/mol. The molecule has 0 saturated carbocycles. The maximum Gasteiger partial charge on any atom is 0.214 e. The Morgan fingerprint density at radius 3 is 2.85 bits per heavy atom. The number of nitrogens with one attached hydrogen (secondary N) is 2. The molecule has 2 N–H and O–H groups in total. The summed E-state index contributed by atoms with van der Waals surface area (Å²) in [6, 6.07) is 2.19. The van der Waals surface area contributed by atoms with Crippen LogP contribution in [0.1, 0.15) is 39.3 Å². The first-order valence-electron chi connectivity index (χ1n) is 11.0. The van der Waals surface area contributed by atoms with Crippen LogP contribution < -0.4 is 9.62 Å². The molecule has 2 aliphatic heterocycles. The smallest absolute Gasteiger partial charge is 0.214 e. The second-order valence-electron chi connectivity index (χ2n) is 9.77. The highest BCUT2D eigenvalue weighted by molar-refractivity contribution is 14.1. The molecule has 0 radical (unpaired) electrons. The molecule has 0 aromatic carbocycles. The zero-order valence-electron chi connectivity index (χ0n) is 18.6. The van der Waals surface area contributed by atoms with Crippen LogP contribution in [0.25, 0.3) is 16.7 Å². The van der Waals surface area contributed by atoms with Crippen LogP contribution in [0.2, 0.25) is 0 Å². The second kappa shape index (κ2) is 7.43. The fraction of sp³-hybridized carbons (Fsp3) is 0.550. The maximum atomic E-state index is 13.0. The van der Waals surface area contributed by atoms with Gasteiger partial charge in [0.15, 0.2) is 11.3 Å². The molecular weight excluding hydrogens is 555 g/mol. The predicted molar refractivity (Wildman–Crippen MR) is 133 cm³/mol. The van der Waals surface area contributed by atoms with Gasteiger partial charge in [0.25, 0.3) is 0 Å². The van der Waals surface area contributed by atoms with Crippen molar-refractivity contribution in [1.29, 1.82) is 0 Å². The minimum Gasteiger partial charge on any atom is -0.342 e. The lowest BCUT2D eigenvalue weighted by Gasteiger charge is -2.43. The van der Waals surface area contributed by atoms with E-state index >= 15 is 0 Å². The minimum absolute atomic E-state index is 0.0710. The highest BCUT2D eigenvalue weighted by Crippen LogP contribution is 2.44. The first-order valence-corrected chi connectivity index (χ1v) is 13.2. The van der Waals surface area contributed by atoms with Crippen LogP contribution in [0.5, 0.6) is 0 Å². The van der Waals surface area contributed by atoms with Crippen LogP contribution in [0, 0.1) is 3.70 Å². The normalized spacial score (nSPS) is 21.3. The average Bonchev–Trinajstić information content (AvgIpc) is 3.54. The zero-order chi connectivity index (χ0) is 23.0. The average molecular weight is 580 g/mol. The van der Waals surface area contributed by atoms with Gasteiger partial charge in [-0.15, -0.1) is 10.2 Å². The van der Waals surface area contributed by atoms with Crippen molar-refractivity contribution < 1.29 is 4.21 Å². The number of hydrogen-bond acceptors (Lipinski definition) is 7. The van der Waals surface area contributed by atoms with Gasteiger partial charge in [-0.2, -0.15) is 15.2 Å². The van der Waals surface area contributed by atoms with Crippen LogP contribution in [-0.4, -0.2) is 67.6 Å². The Morgan fingerprint density at radius 1 is 1.30 bits per heavy atom. The Morgan fingerprint density at radius 2 is 2.09 bits per heavy atom. The molecule has 0 bridgehead atoms. The standard InChI is InChI=1S/C20H25IN10OS/c1-19(2,3)33(32)28-12-10-31-13(4-7-23-31)20(12)5-8-29(9-6-20)18-24-16-14(15(21)25-26-16)17-27-22-11-30(17)18/h4,7,11-12,28H,5-6,8-10H2,1-3H3,(H,25,26)/t12-,33?/m1/s1. The molecule has 4 aromatic rings. The van der Waals surface area contributed by atoms with Crippen molar-refractivity contribution in [3.05, 3.63) is 28.0 Å². The molecule has 174 valence electrons. The van der Waals surface area contributed by atoms with Gasteiger partial charge in [-0.1, -0.05) is 0 Å². The molecule has 0 amide bonds. The van der Waals surface area contributed by atoms with E-state index in [4.69, 9.17) is 4.98 Å². The topological polar surface area (TPSA) is 122 Å². The lowest BCUT2D eigenvalue weighted by Crippen LogP contribution is -2.54. The van der Waals surface area contributed by atoms with Gasteiger partial charge in [0.05, 0.1) is 33.7 Å². The molecule has 4 aromatic heterocycles. The van der Waals surface area contributed by atoms with E-state index in [0.29, 0.717) is 5.65 Å². The summed E-state index contributed by atoms with van der Waals surface area (Å²) in [7, 11) is -1.15. The van der Waals surface area contributed by atoms with E-state index in [1.54, 1.807) is 6.33 Å². The lowest BCUT2D eigenvalue weighted by molar-refractivity contribution is 0.277. The van der Waals surface area contributed by atoms with Crippen LogP contribution in [0.15, 0.2) is 18.6 Å². The molecule has 2 aliphatic rings. The van der Waals surface area contributed by atoms with E-state index < -0.39 is 11.0 Å². The first kappa shape index (κ1) is 21.4. The molecule has 13 heteroatoms. The molecule has 6 heterocycles. The van der Waals surface area contributed by atoms with E-state index in [2.05, 4.69) is 68.5 Å². The zero-order valence-corrected chi connectivity index (χ0v) is 21.6. The second-order valence-corrected chi connectivity index (χ2v) is 12.8. The third-order valence-electron chi connectivity index (χ3n) is 6.89. The van der Waals surface area contributed by atoms with E-state index in [0.717, 1.165) is 53.2 Å². The lowest BCUT2D eigenvalue weighted by atomic mass is 9.72. The fourth-order valence-corrected chi connectivity index (χ4v) is 6.62. The van der Waals surface area contributed by atoms with Crippen molar-refractivity contribution in [2.75, 3.05) is 18.0 Å². The molecule has 1 fully saturated rings. The number of fused-ring (bicyclic) bond motifs is 5. The van der Waals surface area contributed by atoms with Gasteiger partial charge in [-0.25, -0.2) is 8.93 Å². The van der Waals surface area contributed by atoms with Gasteiger partial charge in [0.2, 0.25) is 5.95 Å². The number of aromatic amines is 1. The van der Waals surface area contributed by atoms with Crippen molar-refractivity contribution in [3.63, 3.8) is 0 Å². The van der Waals surface area contributed by atoms with E-state index in [-0.39, 0.29) is 16.2 Å². The summed E-state index contributed by atoms with van der Waals surface area (Å²) in [5, 5.41) is 21.2. The summed E-state index contributed by atoms with van der Waals surface area (Å²) in [4.78, 5) is 7.13. The Labute approximate surface area is 206 Å². The van der Waals surface area contributed by atoms with Gasteiger partial charge in [0.1, 0.15) is 10.0 Å². The Bertz CT molecular complexity index is 1380. The van der Waals surface area contributed by atoms with Crippen LogP contribution in [0.4, 0.5) is 5.95 Å². The van der Waals surface area contributed by atoms with Gasteiger partial charge < -0.3 is 4.90 Å². The van der Waals surface area contributed by atoms with Crippen molar-refractivity contribution in [2.45, 2.75) is 56.4 Å². The highest BCUT2D eigenvalue weighted by Gasteiger charge is 2.50. The molecule has 1 unspecified atom stereocenters. The largest absolute Gasteiger partial charge is 0.342 e. The van der Waals surface area contributed by atoms with E-state index in [1.165, 1.54) is 5.69 Å². The number of H-pyrrole nitrogens is 1. The molecule has 2 atom stereocenters. The summed E-state index contributed by atoms with van der Waals surface area (Å²) in [5.41, 5.74) is 2.51. The summed E-state index contributed by atoms with van der Waals surface area (Å²) in [6.07, 6.45) is 5.39. The van der Waals surface area contributed by atoms with Crippen LogP contribution >= 0.6 is 22.6 Å². The molecule has 1 spiro atoms. The van der Waals surface area contributed by atoms with Crippen LogP contribution in [0.3, 0.4) is 0 Å². The summed E-state index contributed by atoms with van der Waals surface area (Å²) < 4.78 is 21.0. The van der Waals surface area contributed by atoms with Gasteiger partial charge >= 0.3 is 0 Å². The number of piperidine rings is 1.